The van der Waals surface area contributed by atoms with Gasteiger partial charge in [0.15, 0.2) is 0 Å². The largest absolute Gasteiger partial charge is 0.356 e. The van der Waals surface area contributed by atoms with E-state index in [4.69, 9.17) is 5.73 Å². The Hall–Kier alpha value is -0.610. The molecule has 16 heavy (non-hydrogen) atoms. The molecule has 4 heteroatoms. The van der Waals surface area contributed by atoms with Crippen molar-refractivity contribution in [3.8, 4) is 0 Å². The lowest BCUT2D eigenvalue weighted by Gasteiger charge is -2.29. The number of hydrogen-bond donors (Lipinski definition) is 2. The number of likely N-dealkylation sites (tertiary alicyclic amines) is 1. The first-order chi connectivity index (χ1) is 7.77. The second-order valence-corrected chi connectivity index (χ2v) is 4.50. The van der Waals surface area contributed by atoms with Crippen LogP contribution in [-0.2, 0) is 4.79 Å². The summed E-state index contributed by atoms with van der Waals surface area (Å²) in [5.41, 5.74) is 5.78. The van der Waals surface area contributed by atoms with Gasteiger partial charge >= 0.3 is 0 Å². The Bertz CT molecular complexity index is 200. The van der Waals surface area contributed by atoms with Crippen molar-refractivity contribution in [3.63, 3.8) is 0 Å². The average Bonchev–Trinajstić information content (AvgIpc) is 2.55. The van der Waals surface area contributed by atoms with Crippen molar-refractivity contribution in [3.05, 3.63) is 0 Å². The van der Waals surface area contributed by atoms with Crippen molar-refractivity contribution in [2.24, 2.45) is 5.73 Å². The molecule has 3 N–H and O–H groups in total. The molecule has 0 aromatic heterocycles. The van der Waals surface area contributed by atoms with Crippen LogP contribution in [0.1, 0.15) is 39.0 Å². The lowest BCUT2D eigenvalue weighted by atomic mass is 10.1. The molecule has 1 atom stereocenters. The predicted molar refractivity (Wildman–Crippen MR) is 66.2 cm³/mol. The highest BCUT2D eigenvalue weighted by Gasteiger charge is 2.20. The predicted octanol–water partition coefficient (Wildman–Crippen LogP) is 0.716. The molecule has 0 bridgehead atoms. The summed E-state index contributed by atoms with van der Waals surface area (Å²) < 4.78 is 0. The van der Waals surface area contributed by atoms with Gasteiger partial charge in [-0.3, -0.25) is 9.69 Å². The number of nitrogens with one attached hydrogen (secondary N) is 1. The Kier molecular flexibility index (Phi) is 6.42. The summed E-state index contributed by atoms with van der Waals surface area (Å²) in [4.78, 5) is 13.9. The molecular formula is C12H25N3O. The van der Waals surface area contributed by atoms with Crippen LogP contribution >= 0.6 is 0 Å². The summed E-state index contributed by atoms with van der Waals surface area (Å²) in [5.74, 6) is 0.127. The van der Waals surface area contributed by atoms with Crippen LogP contribution in [0.25, 0.3) is 0 Å². The number of nitrogens with two attached hydrogens (primary N) is 1. The highest BCUT2D eigenvalue weighted by atomic mass is 16.1. The smallest absolute Gasteiger partial charge is 0.221 e. The number of nitrogens with zero attached hydrogens (tertiary/aromatic N) is 1. The Labute approximate surface area is 98.6 Å². The minimum Gasteiger partial charge on any atom is -0.356 e. The third-order valence-electron chi connectivity index (χ3n) is 3.22. The summed E-state index contributed by atoms with van der Waals surface area (Å²) in [6.07, 6.45) is 5.66. The molecule has 94 valence electrons. The first-order valence-corrected chi connectivity index (χ1v) is 6.48. The monoisotopic (exact) mass is 227 g/mol. The van der Waals surface area contributed by atoms with Crippen LogP contribution in [-0.4, -0.2) is 43.0 Å². The Morgan fingerprint density at radius 2 is 1.94 bits per heavy atom. The lowest BCUT2D eigenvalue weighted by Crippen LogP contribution is -2.44. The second-order valence-electron chi connectivity index (χ2n) is 4.50. The molecule has 0 aromatic carbocycles. The zero-order valence-corrected chi connectivity index (χ0v) is 10.4. The molecule has 0 aromatic rings. The number of carbonyl (C=O) groups is 1. The van der Waals surface area contributed by atoms with Gasteiger partial charge in [-0.15, -0.1) is 0 Å². The molecule has 0 saturated carbocycles. The standard InChI is InChI=1S/C12H25N3O/c1-2-14-12(16)9-11(10-13)15-7-5-3-4-6-8-15/h11H,2-10,13H2,1H3,(H,14,16). The minimum absolute atomic E-state index is 0.127. The second kappa shape index (κ2) is 7.63. The zero-order valence-electron chi connectivity index (χ0n) is 10.4. The molecule has 0 aliphatic carbocycles. The van der Waals surface area contributed by atoms with Crippen molar-refractivity contribution in [2.45, 2.75) is 45.1 Å². The normalized spacial score (nSPS) is 20.1. The molecule has 4 nitrogen and oxygen atoms in total. The third kappa shape index (κ3) is 4.49. The molecule has 1 unspecified atom stereocenters. The molecule has 1 saturated heterocycles. The molecule has 1 fully saturated rings. The summed E-state index contributed by atoms with van der Waals surface area (Å²) in [6, 6.07) is 0.227. The number of hydrogen-bond acceptors (Lipinski definition) is 3. The topological polar surface area (TPSA) is 58.4 Å². The first kappa shape index (κ1) is 13.5. The van der Waals surface area contributed by atoms with E-state index in [-0.39, 0.29) is 11.9 Å². The van der Waals surface area contributed by atoms with Gasteiger partial charge < -0.3 is 11.1 Å². The number of rotatable bonds is 5. The van der Waals surface area contributed by atoms with Gasteiger partial charge in [0.05, 0.1) is 0 Å². The fraction of sp³-hybridized carbons (Fsp3) is 0.917. The van der Waals surface area contributed by atoms with E-state index in [0.717, 1.165) is 13.1 Å². The van der Waals surface area contributed by atoms with Crippen molar-refractivity contribution in [1.82, 2.24) is 10.2 Å². The van der Waals surface area contributed by atoms with Gasteiger partial charge in [0.25, 0.3) is 0 Å². The van der Waals surface area contributed by atoms with Crippen LogP contribution in [0, 0.1) is 0 Å². The number of carbonyl (C=O) groups excluding carboxylic acids is 1. The first-order valence-electron chi connectivity index (χ1n) is 6.48. The molecule has 1 heterocycles. The van der Waals surface area contributed by atoms with Crippen molar-refractivity contribution >= 4 is 5.91 Å². The molecule has 1 rings (SSSR count). The number of amides is 1. The van der Waals surface area contributed by atoms with E-state index >= 15 is 0 Å². The molecule has 1 aliphatic heterocycles. The van der Waals surface area contributed by atoms with Gasteiger partial charge in [0.1, 0.15) is 0 Å². The summed E-state index contributed by atoms with van der Waals surface area (Å²) in [6.45, 7) is 5.43. The minimum atomic E-state index is 0.127. The maximum Gasteiger partial charge on any atom is 0.221 e. The van der Waals surface area contributed by atoms with Crippen molar-refractivity contribution in [1.29, 1.82) is 0 Å². The van der Waals surface area contributed by atoms with E-state index in [0.29, 0.717) is 19.5 Å². The molecule has 0 spiro atoms. The Morgan fingerprint density at radius 1 is 1.31 bits per heavy atom. The van der Waals surface area contributed by atoms with E-state index in [1.165, 1.54) is 25.7 Å². The van der Waals surface area contributed by atoms with Crippen LogP contribution in [0.5, 0.6) is 0 Å². The van der Waals surface area contributed by atoms with Crippen LogP contribution in [0.2, 0.25) is 0 Å². The molecule has 0 radical (unpaired) electrons. The summed E-state index contributed by atoms with van der Waals surface area (Å²) in [7, 11) is 0. The van der Waals surface area contributed by atoms with E-state index < -0.39 is 0 Å². The van der Waals surface area contributed by atoms with Crippen molar-refractivity contribution < 1.29 is 4.79 Å². The fourth-order valence-corrected chi connectivity index (χ4v) is 2.31. The highest BCUT2D eigenvalue weighted by Crippen LogP contribution is 2.13. The van der Waals surface area contributed by atoms with E-state index in [9.17, 15) is 4.79 Å². The van der Waals surface area contributed by atoms with Gasteiger partial charge in [-0.2, -0.15) is 0 Å². The summed E-state index contributed by atoms with van der Waals surface area (Å²) in [5, 5.41) is 2.84. The zero-order chi connectivity index (χ0) is 11.8. The fourth-order valence-electron chi connectivity index (χ4n) is 2.31. The van der Waals surface area contributed by atoms with Crippen LogP contribution in [0.15, 0.2) is 0 Å². The van der Waals surface area contributed by atoms with Crippen LogP contribution in [0.4, 0.5) is 0 Å². The van der Waals surface area contributed by atoms with Gasteiger partial charge in [-0.05, 0) is 32.9 Å². The average molecular weight is 227 g/mol. The highest BCUT2D eigenvalue weighted by molar-refractivity contribution is 5.76. The van der Waals surface area contributed by atoms with Crippen LogP contribution < -0.4 is 11.1 Å². The third-order valence-corrected chi connectivity index (χ3v) is 3.22. The van der Waals surface area contributed by atoms with Gasteiger partial charge in [0.2, 0.25) is 5.91 Å². The maximum atomic E-state index is 11.5. The van der Waals surface area contributed by atoms with Crippen molar-refractivity contribution in [2.75, 3.05) is 26.2 Å². The Balaban J connectivity index is 2.41. The van der Waals surface area contributed by atoms with Gasteiger partial charge in [-0.25, -0.2) is 0 Å². The molecular weight excluding hydrogens is 202 g/mol. The van der Waals surface area contributed by atoms with Gasteiger partial charge in [-0.1, -0.05) is 12.8 Å². The quantitative estimate of drug-likeness (QED) is 0.727. The summed E-state index contributed by atoms with van der Waals surface area (Å²) >= 11 is 0. The van der Waals surface area contributed by atoms with E-state index in [2.05, 4.69) is 10.2 Å². The SMILES string of the molecule is CCNC(=O)CC(CN)N1CCCCCC1. The van der Waals surface area contributed by atoms with Crippen LogP contribution in [0.3, 0.4) is 0 Å². The molecule has 1 amide bonds. The van der Waals surface area contributed by atoms with E-state index in [1.807, 2.05) is 6.92 Å². The van der Waals surface area contributed by atoms with Gasteiger partial charge in [0, 0.05) is 25.6 Å². The lowest BCUT2D eigenvalue weighted by molar-refractivity contribution is -0.122. The Morgan fingerprint density at radius 3 is 2.44 bits per heavy atom. The molecule has 1 aliphatic rings. The van der Waals surface area contributed by atoms with E-state index in [1.54, 1.807) is 0 Å². The maximum absolute atomic E-state index is 11.5.